The van der Waals surface area contributed by atoms with Gasteiger partial charge in [-0.15, -0.1) is 0 Å². The van der Waals surface area contributed by atoms with Gasteiger partial charge in [-0.05, 0) is 18.3 Å². The van der Waals surface area contributed by atoms with E-state index in [0.717, 1.165) is 6.42 Å². The summed E-state index contributed by atoms with van der Waals surface area (Å²) < 4.78 is 22.4. The van der Waals surface area contributed by atoms with E-state index in [4.69, 9.17) is 5.11 Å². The van der Waals surface area contributed by atoms with Gasteiger partial charge in [0.2, 0.25) is 0 Å². The van der Waals surface area contributed by atoms with Gasteiger partial charge < -0.3 is 5.11 Å². The standard InChI is InChI=1S/C9H20O3S/c1-4-9(3,8-10)6-7-13(11,12)5-2/h10H,4-8H2,1-3H3. The number of aliphatic hydroxyl groups excluding tert-OH is 1. The third-order valence-electron chi connectivity index (χ3n) is 2.69. The van der Waals surface area contributed by atoms with E-state index in [-0.39, 0.29) is 23.5 Å². The summed E-state index contributed by atoms with van der Waals surface area (Å²) in [7, 11) is -2.88. The molecular formula is C9H20O3S. The first kappa shape index (κ1) is 12.9. The van der Waals surface area contributed by atoms with Crippen LogP contribution < -0.4 is 0 Å². The molecule has 0 spiro atoms. The molecule has 0 heterocycles. The lowest BCUT2D eigenvalue weighted by atomic mass is 9.86. The van der Waals surface area contributed by atoms with Crippen LogP contribution in [0.3, 0.4) is 0 Å². The molecule has 0 saturated carbocycles. The normalized spacial score (nSPS) is 16.9. The Kier molecular flexibility index (Phi) is 4.92. The van der Waals surface area contributed by atoms with Crippen molar-refractivity contribution in [1.29, 1.82) is 0 Å². The van der Waals surface area contributed by atoms with Gasteiger partial charge in [0.1, 0.15) is 9.84 Å². The molecular weight excluding hydrogens is 188 g/mol. The predicted molar refractivity (Wildman–Crippen MR) is 54.4 cm³/mol. The minimum absolute atomic E-state index is 0.0583. The average molecular weight is 208 g/mol. The minimum Gasteiger partial charge on any atom is -0.396 e. The van der Waals surface area contributed by atoms with Crippen LogP contribution >= 0.6 is 0 Å². The highest BCUT2D eigenvalue weighted by Crippen LogP contribution is 2.25. The molecule has 0 aromatic heterocycles. The highest BCUT2D eigenvalue weighted by atomic mass is 32.2. The van der Waals surface area contributed by atoms with Gasteiger partial charge in [0.25, 0.3) is 0 Å². The van der Waals surface area contributed by atoms with Crippen LogP contribution in [0.1, 0.15) is 33.6 Å². The van der Waals surface area contributed by atoms with Crippen LogP contribution in [0.15, 0.2) is 0 Å². The molecule has 13 heavy (non-hydrogen) atoms. The monoisotopic (exact) mass is 208 g/mol. The summed E-state index contributed by atoms with van der Waals surface area (Å²) in [6.07, 6.45) is 1.36. The predicted octanol–water partition coefficient (Wildman–Crippen LogP) is 1.22. The van der Waals surface area contributed by atoms with Crippen molar-refractivity contribution >= 4 is 9.84 Å². The number of hydrogen-bond donors (Lipinski definition) is 1. The Morgan fingerprint density at radius 3 is 2.15 bits per heavy atom. The molecule has 0 aliphatic heterocycles. The first-order valence-electron chi connectivity index (χ1n) is 4.70. The molecule has 0 saturated heterocycles. The molecule has 4 heteroatoms. The van der Waals surface area contributed by atoms with Crippen LogP contribution in [0.5, 0.6) is 0 Å². The number of aliphatic hydroxyl groups is 1. The fraction of sp³-hybridized carbons (Fsp3) is 1.00. The first-order chi connectivity index (χ1) is 5.89. The average Bonchev–Trinajstić information content (AvgIpc) is 2.14. The third kappa shape index (κ3) is 4.62. The molecule has 0 aliphatic carbocycles. The largest absolute Gasteiger partial charge is 0.396 e. The second-order valence-corrected chi connectivity index (χ2v) is 6.28. The van der Waals surface area contributed by atoms with Crippen molar-refractivity contribution in [3.05, 3.63) is 0 Å². The smallest absolute Gasteiger partial charge is 0.150 e. The maximum atomic E-state index is 11.2. The number of sulfone groups is 1. The van der Waals surface area contributed by atoms with E-state index in [9.17, 15) is 8.42 Å². The fourth-order valence-electron chi connectivity index (χ4n) is 0.914. The van der Waals surface area contributed by atoms with Crippen LogP contribution in [0.2, 0.25) is 0 Å². The van der Waals surface area contributed by atoms with Crippen molar-refractivity contribution in [3.63, 3.8) is 0 Å². The molecule has 0 bridgehead atoms. The molecule has 0 fully saturated rings. The van der Waals surface area contributed by atoms with Crippen molar-refractivity contribution < 1.29 is 13.5 Å². The van der Waals surface area contributed by atoms with E-state index in [1.54, 1.807) is 6.92 Å². The van der Waals surface area contributed by atoms with E-state index in [1.165, 1.54) is 0 Å². The topological polar surface area (TPSA) is 54.4 Å². The molecule has 80 valence electrons. The summed E-state index contributed by atoms with van der Waals surface area (Å²) >= 11 is 0. The summed E-state index contributed by atoms with van der Waals surface area (Å²) in [5.74, 6) is 0.382. The fourth-order valence-corrected chi connectivity index (χ4v) is 2.01. The zero-order valence-electron chi connectivity index (χ0n) is 8.71. The maximum absolute atomic E-state index is 11.2. The molecule has 1 unspecified atom stereocenters. The highest BCUT2D eigenvalue weighted by molar-refractivity contribution is 7.91. The van der Waals surface area contributed by atoms with Gasteiger partial charge in [-0.3, -0.25) is 0 Å². The molecule has 0 radical (unpaired) electrons. The Hall–Kier alpha value is -0.0900. The van der Waals surface area contributed by atoms with Crippen molar-refractivity contribution in [2.75, 3.05) is 18.1 Å². The third-order valence-corrected chi connectivity index (χ3v) is 4.40. The molecule has 0 amide bonds. The van der Waals surface area contributed by atoms with Crippen LogP contribution in [0.25, 0.3) is 0 Å². The summed E-state index contributed by atoms with van der Waals surface area (Å²) in [5.41, 5.74) is -0.234. The summed E-state index contributed by atoms with van der Waals surface area (Å²) in [4.78, 5) is 0. The molecule has 0 aromatic carbocycles. The van der Waals surface area contributed by atoms with Crippen molar-refractivity contribution in [1.82, 2.24) is 0 Å². The Bertz CT molecular complexity index is 227. The number of hydrogen-bond acceptors (Lipinski definition) is 3. The SMILES string of the molecule is CCC(C)(CO)CCS(=O)(=O)CC. The quantitative estimate of drug-likeness (QED) is 0.714. The second-order valence-electron chi connectivity index (χ2n) is 3.81. The lowest BCUT2D eigenvalue weighted by Crippen LogP contribution is -2.24. The van der Waals surface area contributed by atoms with E-state index < -0.39 is 9.84 Å². The van der Waals surface area contributed by atoms with Gasteiger partial charge in [0.15, 0.2) is 0 Å². The Labute approximate surface area is 81.1 Å². The summed E-state index contributed by atoms with van der Waals surface area (Å²) in [6, 6.07) is 0. The van der Waals surface area contributed by atoms with Gasteiger partial charge in [0, 0.05) is 12.4 Å². The van der Waals surface area contributed by atoms with Gasteiger partial charge in [-0.25, -0.2) is 8.42 Å². The molecule has 0 aliphatic rings. The highest BCUT2D eigenvalue weighted by Gasteiger charge is 2.23. The molecule has 0 rings (SSSR count). The van der Waals surface area contributed by atoms with E-state index in [2.05, 4.69) is 0 Å². The summed E-state index contributed by atoms with van der Waals surface area (Å²) in [6.45, 7) is 5.59. The van der Waals surface area contributed by atoms with Crippen molar-refractivity contribution in [2.24, 2.45) is 5.41 Å². The van der Waals surface area contributed by atoms with Gasteiger partial charge in [-0.1, -0.05) is 20.8 Å². The van der Waals surface area contributed by atoms with Gasteiger partial charge in [0.05, 0.1) is 5.75 Å². The van der Waals surface area contributed by atoms with Crippen LogP contribution in [0.4, 0.5) is 0 Å². The van der Waals surface area contributed by atoms with E-state index in [0.29, 0.717) is 6.42 Å². The Balaban J connectivity index is 4.15. The Morgan fingerprint density at radius 1 is 1.31 bits per heavy atom. The lowest BCUT2D eigenvalue weighted by Gasteiger charge is -2.24. The second kappa shape index (κ2) is 4.96. The summed E-state index contributed by atoms with van der Waals surface area (Å²) in [5, 5.41) is 9.06. The van der Waals surface area contributed by atoms with Gasteiger partial charge in [-0.2, -0.15) is 0 Å². The minimum atomic E-state index is -2.88. The molecule has 0 aromatic rings. The van der Waals surface area contributed by atoms with Crippen molar-refractivity contribution in [3.8, 4) is 0 Å². The molecule has 3 nitrogen and oxygen atoms in total. The first-order valence-corrected chi connectivity index (χ1v) is 6.52. The van der Waals surface area contributed by atoms with Crippen molar-refractivity contribution in [2.45, 2.75) is 33.6 Å². The number of rotatable bonds is 6. The van der Waals surface area contributed by atoms with Gasteiger partial charge >= 0.3 is 0 Å². The van der Waals surface area contributed by atoms with Crippen LogP contribution in [-0.2, 0) is 9.84 Å². The van der Waals surface area contributed by atoms with Crippen LogP contribution in [0, 0.1) is 5.41 Å². The maximum Gasteiger partial charge on any atom is 0.150 e. The molecule has 1 N–H and O–H groups in total. The molecule has 1 atom stereocenters. The zero-order valence-corrected chi connectivity index (χ0v) is 9.52. The Morgan fingerprint density at radius 2 is 1.85 bits per heavy atom. The zero-order chi connectivity index (χ0) is 10.5. The lowest BCUT2D eigenvalue weighted by molar-refractivity contribution is 0.134. The van der Waals surface area contributed by atoms with E-state index in [1.807, 2.05) is 13.8 Å². The van der Waals surface area contributed by atoms with Crippen LogP contribution in [-0.4, -0.2) is 31.6 Å². The van der Waals surface area contributed by atoms with E-state index >= 15 is 0 Å².